The van der Waals surface area contributed by atoms with Crippen LogP contribution in [0, 0.1) is 5.92 Å². The summed E-state index contributed by atoms with van der Waals surface area (Å²) < 4.78 is 26.9. The minimum atomic E-state index is -3.42. The first-order chi connectivity index (χ1) is 13.3. The largest absolute Gasteiger partial charge is 0.352 e. The van der Waals surface area contributed by atoms with Crippen LogP contribution in [-0.2, 0) is 26.3 Å². The van der Waals surface area contributed by atoms with Gasteiger partial charge in [-0.25, -0.2) is 0 Å². The standard InChI is InChI=1S/C19H28N4O4S/c1-21(2)28(26,27)22-11-8-16(9-12-22)19(25)20-14-15-5-3-6-17(13-15)23-10-4-7-18(23)24/h3,5-6,13,16H,4,7-12,14H2,1-2H3,(H,20,25). The number of hydrogen-bond acceptors (Lipinski definition) is 4. The Morgan fingerprint density at radius 3 is 2.54 bits per heavy atom. The lowest BCUT2D eigenvalue weighted by Gasteiger charge is -2.32. The second-order valence-electron chi connectivity index (χ2n) is 7.50. The van der Waals surface area contributed by atoms with Gasteiger partial charge in [0.05, 0.1) is 0 Å². The zero-order valence-corrected chi connectivity index (χ0v) is 17.2. The van der Waals surface area contributed by atoms with Crippen LogP contribution in [0.15, 0.2) is 24.3 Å². The van der Waals surface area contributed by atoms with E-state index in [9.17, 15) is 18.0 Å². The molecule has 2 heterocycles. The van der Waals surface area contributed by atoms with E-state index >= 15 is 0 Å². The molecule has 0 aliphatic carbocycles. The van der Waals surface area contributed by atoms with Crippen LogP contribution in [0.4, 0.5) is 5.69 Å². The summed E-state index contributed by atoms with van der Waals surface area (Å²) in [5.74, 6) is -0.0953. The number of piperidine rings is 1. The lowest BCUT2D eigenvalue weighted by Crippen LogP contribution is -2.46. The fourth-order valence-corrected chi connectivity index (χ4v) is 4.80. The predicted octanol–water partition coefficient (Wildman–Crippen LogP) is 0.948. The van der Waals surface area contributed by atoms with Crippen molar-refractivity contribution in [3.8, 4) is 0 Å². The smallest absolute Gasteiger partial charge is 0.281 e. The summed E-state index contributed by atoms with van der Waals surface area (Å²) in [6.45, 7) is 1.84. The van der Waals surface area contributed by atoms with Gasteiger partial charge in [0.15, 0.2) is 0 Å². The van der Waals surface area contributed by atoms with Crippen molar-refractivity contribution in [2.45, 2.75) is 32.2 Å². The second kappa shape index (κ2) is 8.59. The van der Waals surface area contributed by atoms with Crippen molar-refractivity contribution < 1.29 is 18.0 Å². The van der Waals surface area contributed by atoms with Gasteiger partial charge in [0, 0.05) is 58.3 Å². The highest BCUT2D eigenvalue weighted by Gasteiger charge is 2.32. The Balaban J connectivity index is 1.52. The third-order valence-electron chi connectivity index (χ3n) is 5.37. The van der Waals surface area contributed by atoms with Gasteiger partial charge in [-0.3, -0.25) is 9.59 Å². The minimum Gasteiger partial charge on any atom is -0.352 e. The molecule has 2 aliphatic heterocycles. The summed E-state index contributed by atoms with van der Waals surface area (Å²) in [6.07, 6.45) is 2.49. The maximum Gasteiger partial charge on any atom is 0.281 e. The maximum atomic E-state index is 12.5. The summed E-state index contributed by atoms with van der Waals surface area (Å²) in [5.41, 5.74) is 1.81. The molecule has 1 N–H and O–H groups in total. The topological polar surface area (TPSA) is 90.0 Å². The van der Waals surface area contributed by atoms with Gasteiger partial charge in [0.1, 0.15) is 0 Å². The summed E-state index contributed by atoms with van der Waals surface area (Å²) in [6, 6.07) is 7.68. The van der Waals surface area contributed by atoms with Gasteiger partial charge in [0.2, 0.25) is 11.8 Å². The number of benzene rings is 1. The highest BCUT2D eigenvalue weighted by Crippen LogP contribution is 2.23. The number of amides is 2. The molecule has 2 saturated heterocycles. The summed E-state index contributed by atoms with van der Waals surface area (Å²) in [7, 11) is -0.395. The summed E-state index contributed by atoms with van der Waals surface area (Å²) >= 11 is 0. The number of rotatable bonds is 6. The van der Waals surface area contributed by atoms with Crippen LogP contribution in [0.25, 0.3) is 0 Å². The Kier molecular flexibility index (Phi) is 6.36. The van der Waals surface area contributed by atoms with Crippen molar-refractivity contribution in [3.05, 3.63) is 29.8 Å². The third-order valence-corrected chi connectivity index (χ3v) is 7.32. The van der Waals surface area contributed by atoms with E-state index in [1.165, 1.54) is 22.7 Å². The zero-order valence-electron chi connectivity index (χ0n) is 16.4. The molecule has 0 aromatic heterocycles. The van der Waals surface area contributed by atoms with Gasteiger partial charge in [-0.1, -0.05) is 12.1 Å². The molecule has 2 fully saturated rings. The van der Waals surface area contributed by atoms with Crippen molar-refractivity contribution in [2.75, 3.05) is 38.6 Å². The van der Waals surface area contributed by atoms with Crippen molar-refractivity contribution in [2.24, 2.45) is 5.92 Å². The minimum absolute atomic E-state index is 0.0513. The van der Waals surface area contributed by atoms with E-state index in [1.807, 2.05) is 24.3 Å². The Morgan fingerprint density at radius 1 is 1.21 bits per heavy atom. The van der Waals surface area contributed by atoms with E-state index in [0.29, 0.717) is 38.9 Å². The molecule has 2 amide bonds. The monoisotopic (exact) mass is 408 g/mol. The van der Waals surface area contributed by atoms with Crippen LogP contribution in [0.1, 0.15) is 31.2 Å². The molecule has 28 heavy (non-hydrogen) atoms. The SMILES string of the molecule is CN(C)S(=O)(=O)N1CCC(C(=O)NCc2cccc(N3CCCC3=O)c2)CC1. The predicted molar refractivity (Wildman–Crippen MR) is 107 cm³/mol. The van der Waals surface area contributed by atoms with E-state index < -0.39 is 10.2 Å². The summed E-state index contributed by atoms with van der Waals surface area (Å²) in [5, 5.41) is 2.95. The number of carbonyl (C=O) groups excluding carboxylic acids is 2. The van der Waals surface area contributed by atoms with E-state index in [4.69, 9.17) is 0 Å². The Morgan fingerprint density at radius 2 is 1.93 bits per heavy atom. The van der Waals surface area contributed by atoms with E-state index in [-0.39, 0.29) is 17.7 Å². The lowest BCUT2D eigenvalue weighted by atomic mass is 9.97. The molecular weight excluding hydrogens is 380 g/mol. The fraction of sp³-hybridized carbons (Fsp3) is 0.579. The molecule has 2 aliphatic rings. The molecule has 0 atom stereocenters. The average molecular weight is 409 g/mol. The first kappa shape index (κ1) is 20.8. The zero-order chi connectivity index (χ0) is 20.3. The molecule has 0 saturated carbocycles. The van der Waals surface area contributed by atoms with Crippen molar-refractivity contribution >= 4 is 27.7 Å². The molecule has 0 unspecified atom stereocenters. The first-order valence-electron chi connectivity index (χ1n) is 9.63. The average Bonchev–Trinajstić information content (AvgIpc) is 3.12. The van der Waals surface area contributed by atoms with Gasteiger partial charge in [-0.05, 0) is 37.0 Å². The van der Waals surface area contributed by atoms with Crippen LogP contribution in [0.3, 0.4) is 0 Å². The van der Waals surface area contributed by atoms with Crippen LogP contribution >= 0.6 is 0 Å². The van der Waals surface area contributed by atoms with Gasteiger partial charge in [0.25, 0.3) is 10.2 Å². The van der Waals surface area contributed by atoms with Crippen LogP contribution < -0.4 is 10.2 Å². The number of nitrogens with one attached hydrogen (secondary N) is 1. The molecule has 3 rings (SSSR count). The van der Waals surface area contributed by atoms with Crippen LogP contribution in [0.5, 0.6) is 0 Å². The molecule has 154 valence electrons. The molecule has 0 bridgehead atoms. The Labute approximate surface area is 166 Å². The Bertz CT molecular complexity index is 832. The lowest BCUT2D eigenvalue weighted by molar-refractivity contribution is -0.126. The van der Waals surface area contributed by atoms with Gasteiger partial charge in [-0.15, -0.1) is 0 Å². The van der Waals surface area contributed by atoms with E-state index in [0.717, 1.165) is 24.2 Å². The van der Waals surface area contributed by atoms with Gasteiger partial charge in [-0.2, -0.15) is 17.0 Å². The maximum absolute atomic E-state index is 12.5. The molecule has 9 heteroatoms. The number of hydrogen-bond donors (Lipinski definition) is 1. The first-order valence-corrected chi connectivity index (χ1v) is 11.0. The van der Waals surface area contributed by atoms with Gasteiger partial charge < -0.3 is 10.2 Å². The molecule has 8 nitrogen and oxygen atoms in total. The van der Waals surface area contributed by atoms with Crippen LogP contribution in [-0.4, -0.2) is 62.6 Å². The quantitative estimate of drug-likeness (QED) is 0.759. The fourth-order valence-electron chi connectivity index (χ4n) is 3.67. The number of anilines is 1. The number of carbonyl (C=O) groups is 2. The van der Waals surface area contributed by atoms with Crippen LogP contribution in [0.2, 0.25) is 0 Å². The van der Waals surface area contributed by atoms with Crippen molar-refractivity contribution in [1.29, 1.82) is 0 Å². The number of nitrogens with zero attached hydrogens (tertiary/aromatic N) is 3. The molecule has 1 aromatic carbocycles. The Hall–Kier alpha value is -1.97. The highest BCUT2D eigenvalue weighted by atomic mass is 32.2. The second-order valence-corrected chi connectivity index (χ2v) is 9.64. The van der Waals surface area contributed by atoms with Gasteiger partial charge >= 0.3 is 0 Å². The van der Waals surface area contributed by atoms with Crippen molar-refractivity contribution in [1.82, 2.24) is 13.9 Å². The third kappa shape index (κ3) is 4.53. The molecular formula is C19H28N4O4S. The highest BCUT2D eigenvalue weighted by molar-refractivity contribution is 7.86. The molecule has 1 aromatic rings. The summed E-state index contributed by atoms with van der Waals surface area (Å²) in [4.78, 5) is 26.2. The van der Waals surface area contributed by atoms with E-state index in [2.05, 4.69) is 5.32 Å². The molecule has 0 spiro atoms. The normalized spacial score (nSPS) is 19.4. The van der Waals surface area contributed by atoms with Crippen molar-refractivity contribution in [3.63, 3.8) is 0 Å². The molecule has 0 radical (unpaired) electrons. The van der Waals surface area contributed by atoms with E-state index in [1.54, 1.807) is 4.90 Å².